The second-order valence-corrected chi connectivity index (χ2v) is 4.05. The number of carbonyl (C=O) groups is 1. The number of hydrogen-bond acceptors (Lipinski definition) is 4. The Morgan fingerprint density at radius 2 is 2.16 bits per heavy atom. The van der Waals surface area contributed by atoms with E-state index in [1.54, 1.807) is 14.0 Å². The van der Waals surface area contributed by atoms with Gasteiger partial charge in [0.2, 0.25) is 0 Å². The van der Waals surface area contributed by atoms with Gasteiger partial charge in [0.05, 0.1) is 6.61 Å². The summed E-state index contributed by atoms with van der Waals surface area (Å²) in [5.41, 5.74) is 0.672. The van der Waals surface area contributed by atoms with Crippen LogP contribution in [0.3, 0.4) is 0 Å². The summed E-state index contributed by atoms with van der Waals surface area (Å²) in [5.74, 6) is -0.234. The average Bonchev–Trinajstić information content (AvgIpc) is 2.38. The molecule has 0 aromatic heterocycles. The maximum atomic E-state index is 13.2. The SMILES string of the molecule is CCOC(=O)C(CC)Oc1ccc(F)cc1CNC. The molecule has 1 aromatic carbocycles. The Kier molecular flexibility index (Phi) is 6.29. The summed E-state index contributed by atoms with van der Waals surface area (Å²) in [4.78, 5) is 11.7. The lowest BCUT2D eigenvalue weighted by atomic mass is 10.2. The Bertz CT molecular complexity index is 423. The lowest BCUT2D eigenvalue weighted by Crippen LogP contribution is -2.29. The van der Waals surface area contributed by atoms with Crippen LogP contribution in [-0.4, -0.2) is 25.7 Å². The molecule has 0 radical (unpaired) electrons. The number of halogens is 1. The van der Waals surface area contributed by atoms with Gasteiger partial charge in [-0.25, -0.2) is 9.18 Å². The first-order chi connectivity index (χ1) is 9.12. The molecule has 4 nitrogen and oxygen atoms in total. The minimum absolute atomic E-state index is 0.311. The van der Waals surface area contributed by atoms with Crippen LogP contribution in [-0.2, 0) is 16.1 Å². The van der Waals surface area contributed by atoms with Crippen molar-refractivity contribution in [1.29, 1.82) is 0 Å². The maximum absolute atomic E-state index is 13.2. The van der Waals surface area contributed by atoms with Crippen LogP contribution < -0.4 is 10.1 Å². The molecular formula is C14H20FNO3. The van der Waals surface area contributed by atoms with Crippen LogP contribution in [0.2, 0.25) is 0 Å². The molecule has 106 valence electrons. The molecule has 0 aliphatic rings. The van der Waals surface area contributed by atoms with Crippen LogP contribution in [0.1, 0.15) is 25.8 Å². The van der Waals surface area contributed by atoms with E-state index in [0.717, 1.165) is 0 Å². The Morgan fingerprint density at radius 1 is 1.42 bits per heavy atom. The molecule has 1 unspecified atom stereocenters. The normalized spacial score (nSPS) is 12.0. The van der Waals surface area contributed by atoms with Crippen molar-refractivity contribution in [3.8, 4) is 5.75 Å². The molecule has 1 atom stereocenters. The molecule has 19 heavy (non-hydrogen) atoms. The van der Waals surface area contributed by atoms with E-state index in [1.165, 1.54) is 18.2 Å². The molecule has 0 amide bonds. The fraction of sp³-hybridized carbons (Fsp3) is 0.500. The van der Waals surface area contributed by atoms with E-state index >= 15 is 0 Å². The van der Waals surface area contributed by atoms with Gasteiger partial charge in [-0.1, -0.05) is 6.92 Å². The predicted molar refractivity (Wildman–Crippen MR) is 70.5 cm³/mol. The van der Waals surface area contributed by atoms with Gasteiger partial charge < -0.3 is 14.8 Å². The quantitative estimate of drug-likeness (QED) is 0.771. The van der Waals surface area contributed by atoms with E-state index < -0.39 is 12.1 Å². The van der Waals surface area contributed by atoms with Gasteiger partial charge in [0.25, 0.3) is 0 Å². The summed E-state index contributed by atoms with van der Waals surface area (Å²) in [6.07, 6.45) is -0.170. The molecule has 0 aliphatic heterocycles. The number of rotatable bonds is 7. The number of benzene rings is 1. The third kappa shape index (κ3) is 4.52. The van der Waals surface area contributed by atoms with Gasteiger partial charge in [-0.15, -0.1) is 0 Å². The van der Waals surface area contributed by atoms with Crippen LogP contribution in [0.5, 0.6) is 5.75 Å². The number of nitrogens with one attached hydrogen (secondary N) is 1. The van der Waals surface area contributed by atoms with Gasteiger partial charge in [0.15, 0.2) is 6.10 Å². The van der Waals surface area contributed by atoms with Crippen LogP contribution in [0.25, 0.3) is 0 Å². The van der Waals surface area contributed by atoms with Crippen LogP contribution in [0.15, 0.2) is 18.2 Å². The van der Waals surface area contributed by atoms with Crippen molar-refractivity contribution in [1.82, 2.24) is 5.32 Å². The van der Waals surface area contributed by atoms with Gasteiger partial charge in [0, 0.05) is 12.1 Å². The van der Waals surface area contributed by atoms with Crippen LogP contribution in [0, 0.1) is 5.82 Å². The molecule has 5 heteroatoms. The zero-order valence-corrected chi connectivity index (χ0v) is 11.5. The lowest BCUT2D eigenvalue weighted by Gasteiger charge is -2.18. The van der Waals surface area contributed by atoms with E-state index in [1.807, 2.05) is 6.92 Å². The van der Waals surface area contributed by atoms with Crippen molar-refractivity contribution in [2.45, 2.75) is 32.9 Å². The van der Waals surface area contributed by atoms with Crippen molar-refractivity contribution < 1.29 is 18.7 Å². The second kappa shape index (κ2) is 7.74. The second-order valence-electron chi connectivity index (χ2n) is 4.05. The summed E-state index contributed by atoms with van der Waals surface area (Å²) >= 11 is 0. The largest absolute Gasteiger partial charge is 0.478 e. The van der Waals surface area contributed by atoms with E-state index in [2.05, 4.69) is 5.32 Å². The summed E-state index contributed by atoms with van der Waals surface area (Å²) in [6, 6.07) is 4.24. The molecule has 0 spiro atoms. The fourth-order valence-electron chi connectivity index (χ4n) is 1.68. The number of hydrogen-bond donors (Lipinski definition) is 1. The Morgan fingerprint density at radius 3 is 2.74 bits per heavy atom. The van der Waals surface area contributed by atoms with Crippen molar-refractivity contribution in [3.05, 3.63) is 29.6 Å². The molecule has 0 heterocycles. The van der Waals surface area contributed by atoms with E-state index in [0.29, 0.717) is 30.9 Å². The molecule has 0 saturated heterocycles. The Labute approximate surface area is 112 Å². The minimum atomic E-state index is -0.666. The van der Waals surface area contributed by atoms with Gasteiger partial charge in [0.1, 0.15) is 11.6 Å². The summed E-state index contributed by atoms with van der Waals surface area (Å²) in [7, 11) is 1.76. The number of ether oxygens (including phenoxy) is 2. The third-order valence-corrected chi connectivity index (χ3v) is 2.58. The summed E-state index contributed by atoms with van der Waals surface area (Å²) in [6.45, 7) is 4.36. The Hall–Kier alpha value is -1.62. The summed E-state index contributed by atoms with van der Waals surface area (Å²) in [5, 5.41) is 2.93. The highest BCUT2D eigenvalue weighted by Crippen LogP contribution is 2.22. The van der Waals surface area contributed by atoms with E-state index in [9.17, 15) is 9.18 Å². The first-order valence-corrected chi connectivity index (χ1v) is 6.38. The third-order valence-electron chi connectivity index (χ3n) is 2.58. The van der Waals surface area contributed by atoms with Crippen molar-refractivity contribution >= 4 is 5.97 Å². The van der Waals surface area contributed by atoms with Crippen molar-refractivity contribution in [2.75, 3.05) is 13.7 Å². The highest BCUT2D eigenvalue weighted by Gasteiger charge is 2.20. The van der Waals surface area contributed by atoms with E-state index in [4.69, 9.17) is 9.47 Å². The average molecular weight is 269 g/mol. The standard InChI is InChI=1S/C14H20FNO3/c1-4-12(14(17)18-5-2)19-13-7-6-11(15)8-10(13)9-16-3/h6-8,12,16H,4-5,9H2,1-3H3. The first kappa shape index (κ1) is 15.4. The van der Waals surface area contributed by atoms with Crippen LogP contribution >= 0.6 is 0 Å². The smallest absolute Gasteiger partial charge is 0.347 e. The monoisotopic (exact) mass is 269 g/mol. The highest BCUT2D eigenvalue weighted by atomic mass is 19.1. The molecule has 0 bridgehead atoms. The fourth-order valence-corrected chi connectivity index (χ4v) is 1.68. The van der Waals surface area contributed by atoms with Gasteiger partial charge in [-0.2, -0.15) is 0 Å². The topological polar surface area (TPSA) is 47.6 Å². The van der Waals surface area contributed by atoms with Crippen LogP contribution in [0.4, 0.5) is 4.39 Å². The Balaban J connectivity index is 2.86. The summed E-state index contributed by atoms with van der Waals surface area (Å²) < 4.78 is 23.8. The first-order valence-electron chi connectivity index (χ1n) is 6.38. The number of esters is 1. The molecule has 0 fully saturated rings. The van der Waals surface area contributed by atoms with Crippen molar-refractivity contribution in [2.24, 2.45) is 0 Å². The molecule has 0 saturated carbocycles. The zero-order chi connectivity index (χ0) is 14.3. The van der Waals surface area contributed by atoms with Gasteiger partial charge >= 0.3 is 5.97 Å². The van der Waals surface area contributed by atoms with E-state index in [-0.39, 0.29) is 5.82 Å². The zero-order valence-electron chi connectivity index (χ0n) is 11.5. The van der Waals surface area contributed by atoms with Gasteiger partial charge in [-0.05, 0) is 38.6 Å². The molecular weight excluding hydrogens is 249 g/mol. The lowest BCUT2D eigenvalue weighted by molar-refractivity contribution is -0.151. The molecule has 1 rings (SSSR count). The molecule has 1 aromatic rings. The predicted octanol–water partition coefficient (Wildman–Crippen LogP) is 2.27. The molecule has 0 aliphatic carbocycles. The van der Waals surface area contributed by atoms with Crippen molar-refractivity contribution in [3.63, 3.8) is 0 Å². The number of carbonyl (C=O) groups excluding carboxylic acids is 1. The highest BCUT2D eigenvalue weighted by molar-refractivity contribution is 5.75. The molecule has 1 N–H and O–H groups in total. The maximum Gasteiger partial charge on any atom is 0.347 e. The van der Waals surface area contributed by atoms with Gasteiger partial charge in [-0.3, -0.25) is 0 Å². The minimum Gasteiger partial charge on any atom is -0.478 e.